The number of nitrogens with one attached hydrogen (secondary N) is 1. The summed E-state index contributed by atoms with van der Waals surface area (Å²) >= 11 is 0. The normalized spacial score (nSPS) is 35.7. The number of halogens is 1. The van der Waals surface area contributed by atoms with E-state index in [0.717, 1.165) is 5.56 Å². The molecule has 15 heavy (non-hydrogen) atoms. The molecular weight excluding hydrogens is 197 g/mol. The highest BCUT2D eigenvalue weighted by atomic mass is 19.1. The van der Waals surface area contributed by atoms with Gasteiger partial charge in [0, 0.05) is 6.04 Å². The van der Waals surface area contributed by atoms with E-state index in [1.807, 2.05) is 0 Å². The first-order chi connectivity index (χ1) is 7.09. The van der Waals surface area contributed by atoms with Crippen LogP contribution >= 0.6 is 0 Å². The molecule has 0 aromatic heterocycles. The van der Waals surface area contributed by atoms with Gasteiger partial charge in [0.2, 0.25) is 0 Å². The molecule has 1 unspecified atom stereocenters. The van der Waals surface area contributed by atoms with E-state index in [-0.39, 0.29) is 17.9 Å². The van der Waals surface area contributed by atoms with Crippen LogP contribution in [-0.2, 0) is 0 Å². The van der Waals surface area contributed by atoms with Gasteiger partial charge < -0.3 is 15.5 Å². The molecule has 0 saturated carbocycles. The number of benzene rings is 1. The van der Waals surface area contributed by atoms with Gasteiger partial charge in [-0.25, -0.2) is 4.39 Å². The lowest BCUT2D eigenvalue weighted by atomic mass is 10.0. The molecule has 1 aromatic rings. The highest BCUT2D eigenvalue weighted by molar-refractivity contribution is 5.23. The second-order valence-corrected chi connectivity index (χ2v) is 3.97. The lowest BCUT2D eigenvalue weighted by molar-refractivity contribution is 0.0301. The van der Waals surface area contributed by atoms with Crippen molar-refractivity contribution in [1.82, 2.24) is 5.32 Å². The number of rotatable bonds is 1. The Labute approximate surface area is 87.6 Å². The Balaban J connectivity index is 2.22. The second-order valence-electron chi connectivity index (χ2n) is 3.97. The van der Waals surface area contributed by atoms with Crippen LogP contribution in [-0.4, -0.2) is 28.5 Å². The van der Waals surface area contributed by atoms with Crippen LogP contribution in [0.2, 0.25) is 0 Å². The summed E-state index contributed by atoms with van der Waals surface area (Å²) in [5, 5.41) is 22.4. The van der Waals surface area contributed by atoms with Crippen LogP contribution in [0.15, 0.2) is 24.3 Å². The zero-order valence-electron chi connectivity index (χ0n) is 8.39. The molecule has 82 valence electrons. The fourth-order valence-corrected chi connectivity index (χ4v) is 1.94. The van der Waals surface area contributed by atoms with Crippen molar-refractivity contribution in [3.8, 4) is 0 Å². The van der Waals surface area contributed by atoms with Crippen molar-refractivity contribution in [3.05, 3.63) is 35.6 Å². The van der Waals surface area contributed by atoms with Gasteiger partial charge in [-0.05, 0) is 24.6 Å². The average Bonchev–Trinajstić information content (AvgIpc) is 2.47. The van der Waals surface area contributed by atoms with Crippen LogP contribution in [0.5, 0.6) is 0 Å². The first-order valence-corrected chi connectivity index (χ1v) is 4.97. The lowest BCUT2D eigenvalue weighted by Crippen LogP contribution is -2.29. The minimum absolute atomic E-state index is 0.157. The highest BCUT2D eigenvalue weighted by Crippen LogP contribution is 2.27. The van der Waals surface area contributed by atoms with E-state index in [1.54, 1.807) is 19.1 Å². The van der Waals surface area contributed by atoms with Gasteiger partial charge in [-0.1, -0.05) is 12.1 Å². The molecule has 4 atom stereocenters. The summed E-state index contributed by atoms with van der Waals surface area (Å²) in [7, 11) is 0. The Morgan fingerprint density at radius 3 is 2.20 bits per heavy atom. The van der Waals surface area contributed by atoms with Gasteiger partial charge in [-0.2, -0.15) is 0 Å². The van der Waals surface area contributed by atoms with E-state index in [0.29, 0.717) is 0 Å². The summed E-state index contributed by atoms with van der Waals surface area (Å²) in [6, 6.07) is 5.44. The van der Waals surface area contributed by atoms with Crippen molar-refractivity contribution in [3.63, 3.8) is 0 Å². The Morgan fingerprint density at radius 2 is 1.73 bits per heavy atom. The van der Waals surface area contributed by atoms with Gasteiger partial charge in [0.05, 0.1) is 12.1 Å². The van der Waals surface area contributed by atoms with E-state index in [2.05, 4.69) is 5.32 Å². The fourth-order valence-electron chi connectivity index (χ4n) is 1.94. The summed E-state index contributed by atoms with van der Waals surface area (Å²) in [6.07, 6.45) is -1.62. The van der Waals surface area contributed by atoms with Crippen molar-refractivity contribution >= 4 is 0 Å². The Morgan fingerprint density at radius 1 is 1.13 bits per heavy atom. The summed E-state index contributed by atoms with van der Waals surface area (Å²) in [4.78, 5) is 0. The SMILES string of the molecule is C[C@@H]1NC(c2ccc(F)cc2)[C@H](O)[C@@H]1O. The van der Waals surface area contributed by atoms with Crippen LogP contribution in [0.4, 0.5) is 4.39 Å². The van der Waals surface area contributed by atoms with Crippen LogP contribution < -0.4 is 5.32 Å². The Bertz CT molecular complexity index is 341. The molecule has 0 aliphatic carbocycles. The smallest absolute Gasteiger partial charge is 0.123 e. The van der Waals surface area contributed by atoms with Gasteiger partial charge in [-0.15, -0.1) is 0 Å². The molecule has 4 heteroatoms. The second kappa shape index (κ2) is 3.89. The quantitative estimate of drug-likeness (QED) is 0.637. The van der Waals surface area contributed by atoms with Gasteiger partial charge in [0.15, 0.2) is 0 Å². The van der Waals surface area contributed by atoms with E-state index < -0.39 is 12.2 Å². The van der Waals surface area contributed by atoms with E-state index in [4.69, 9.17) is 0 Å². The minimum atomic E-state index is -0.842. The van der Waals surface area contributed by atoms with Crippen LogP contribution in [0.1, 0.15) is 18.5 Å². The fraction of sp³-hybridized carbons (Fsp3) is 0.455. The molecule has 0 spiro atoms. The van der Waals surface area contributed by atoms with E-state index >= 15 is 0 Å². The van der Waals surface area contributed by atoms with Crippen LogP contribution in [0, 0.1) is 5.82 Å². The maximum absolute atomic E-state index is 12.7. The summed E-state index contributed by atoms with van der Waals surface area (Å²) < 4.78 is 12.7. The van der Waals surface area contributed by atoms with Crippen molar-refractivity contribution in [2.24, 2.45) is 0 Å². The molecular formula is C11H14FNO2. The third-order valence-corrected chi connectivity index (χ3v) is 2.88. The average molecular weight is 211 g/mol. The number of aliphatic hydroxyl groups excluding tert-OH is 2. The molecule has 3 nitrogen and oxygen atoms in total. The molecule has 0 radical (unpaired) electrons. The maximum Gasteiger partial charge on any atom is 0.123 e. The van der Waals surface area contributed by atoms with Crippen molar-refractivity contribution < 1.29 is 14.6 Å². The molecule has 1 aliphatic heterocycles. The van der Waals surface area contributed by atoms with E-state index in [1.165, 1.54) is 12.1 Å². The number of aliphatic hydroxyl groups is 2. The highest BCUT2D eigenvalue weighted by Gasteiger charge is 2.39. The van der Waals surface area contributed by atoms with E-state index in [9.17, 15) is 14.6 Å². The minimum Gasteiger partial charge on any atom is -0.389 e. The standard InChI is InChI=1S/C11H14FNO2/c1-6-10(14)11(15)9(13-6)7-2-4-8(12)5-3-7/h2-6,9-11,13-15H,1H3/t6-,9?,10+,11-/m0/s1. The Hall–Kier alpha value is -0.970. The van der Waals surface area contributed by atoms with Crippen LogP contribution in [0.3, 0.4) is 0 Å². The molecule has 2 rings (SSSR count). The van der Waals surface area contributed by atoms with Gasteiger partial charge in [0.1, 0.15) is 11.9 Å². The molecule has 0 bridgehead atoms. The predicted molar refractivity (Wildman–Crippen MR) is 53.8 cm³/mol. The zero-order chi connectivity index (χ0) is 11.0. The topological polar surface area (TPSA) is 52.5 Å². The molecule has 1 aromatic carbocycles. The number of hydrogen-bond acceptors (Lipinski definition) is 3. The third kappa shape index (κ3) is 1.88. The first kappa shape index (κ1) is 10.5. The molecule has 3 N–H and O–H groups in total. The molecule has 0 amide bonds. The largest absolute Gasteiger partial charge is 0.389 e. The van der Waals surface area contributed by atoms with Gasteiger partial charge in [-0.3, -0.25) is 0 Å². The number of hydrogen-bond donors (Lipinski definition) is 3. The maximum atomic E-state index is 12.7. The molecule has 1 saturated heterocycles. The van der Waals surface area contributed by atoms with Crippen molar-refractivity contribution in [2.45, 2.75) is 31.2 Å². The first-order valence-electron chi connectivity index (χ1n) is 4.97. The summed E-state index contributed by atoms with van der Waals surface area (Å²) in [5.41, 5.74) is 0.785. The summed E-state index contributed by atoms with van der Waals surface area (Å²) in [5.74, 6) is -0.306. The van der Waals surface area contributed by atoms with Gasteiger partial charge in [0.25, 0.3) is 0 Å². The third-order valence-electron chi connectivity index (χ3n) is 2.88. The van der Waals surface area contributed by atoms with Crippen molar-refractivity contribution in [2.75, 3.05) is 0 Å². The zero-order valence-corrected chi connectivity index (χ0v) is 8.39. The monoisotopic (exact) mass is 211 g/mol. The Kier molecular flexibility index (Phi) is 2.73. The van der Waals surface area contributed by atoms with Gasteiger partial charge >= 0.3 is 0 Å². The predicted octanol–water partition coefficient (Wildman–Crippen LogP) is 0.580. The molecule has 1 heterocycles. The van der Waals surface area contributed by atoms with Crippen LogP contribution in [0.25, 0.3) is 0 Å². The molecule has 1 aliphatic rings. The lowest BCUT2D eigenvalue weighted by Gasteiger charge is -2.15. The molecule has 1 fully saturated rings. The van der Waals surface area contributed by atoms with Crippen molar-refractivity contribution in [1.29, 1.82) is 0 Å². The summed E-state index contributed by atoms with van der Waals surface area (Å²) in [6.45, 7) is 1.80.